The third kappa shape index (κ3) is 12.5. The van der Waals surface area contributed by atoms with Crippen molar-refractivity contribution in [2.24, 2.45) is 0 Å². The maximum atomic E-state index is 6.17. The predicted molar refractivity (Wildman–Crippen MR) is 156 cm³/mol. The van der Waals surface area contributed by atoms with Crippen LogP contribution >= 0.6 is 15.9 Å². The number of nitrogens with zero attached hydrogens (tertiary/aromatic N) is 1. The largest absolute Gasteiger partial charge is 1.00 e. The lowest BCUT2D eigenvalue weighted by molar-refractivity contribution is -0.904. The third-order valence-electron chi connectivity index (χ3n) is 6.31. The van der Waals surface area contributed by atoms with E-state index in [-0.39, 0.29) is 27.8 Å². The van der Waals surface area contributed by atoms with Gasteiger partial charge >= 0.3 is 0 Å². The molecule has 0 aliphatic carbocycles. The van der Waals surface area contributed by atoms with Crippen molar-refractivity contribution in [3.05, 3.63) is 59.2 Å². The summed E-state index contributed by atoms with van der Waals surface area (Å²) in [4.78, 5) is 0. The summed E-state index contributed by atoms with van der Waals surface area (Å²) in [6, 6.07) is 15.1. The number of ether oxygens (including phenoxy) is 3. The van der Waals surface area contributed by atoms with Crippen molar-refractivity contribution in [3.8, 4) is 11.5 Å². The minimum atomic E-state index is 0. The molecule has 0 fully saturated rings. The van der Waals surface area contributed by atoms with Crippen LogP contribution in [0.1, 0.15) is 71.1 Å². The quantitative estimate of drug-likeness (QED) is 0.172. The molecule has 2 aromatic carbocycles. The van der Waals surface area contributed by atoms with Crippen LogP contribution in [0, 0.1) is 0 Å². The van der Waals surface area contributed by atoms with Crippen LogP contribution in [0.4, 0.5) is 0 Å². The molecule has 2 aromatic rings. The van der Waals surface area contributed by atoms with E-state index in [0.717, 1.165) is 53.9 Å². The summed E-state index contributed by atoms with van der Waals surface area (Å²) >= 11 is 3.46. The number of halogens is 2. The molecule has 0 atom stereocenters. The zero-order valence-corrected chi connectivity index (χ0v) is 27.5. The van der Waals surface area contributed by atoms with Gasteiger partial charge in [0.1, 0.15) is 31.2 Å². The summed E-state index contributed by atoms with van der Waals surface area (Å²) in [7, 11) is 4.49. The van der Waals surface area contributed by atoms with Crippen LogP contribution in [0.15, 0.2) is 42.5 Å². The Bertz CT molecular complexity index is 916. The van der Waals surface area contributed by atoms with Gasteiger partial charge in [-0.25, -0.2) is 0 Å². The molecule has 0 aromatic heterocycles. The highest BCUT2D eigenvalue weighted by Gasteiger charge is 2.23. The van der Waals surface area contributed by atoms with Gasteiger partial charge < -0.3 is 35.7 Å². The van der Waals surface area contributed by atoms with Crippen LogP contribution in [-0.4, -0.2) is 56.9 Å². The highest BCUT2D eigenvalue weighted by molar-refractivity contribution is 9.09. The van der Waals surface area contributed by atoms with Crippen LogP contribution in [0.25, 0.3) is 0 Å². The maximum absolute atomic E-state index is 6.17. The van der Waals surface area contributed by atoms with Crippen LogP contribution in [0.3, 0.4) is 0 Å². The van der Waals surface area contributed by atoms with E-state index in [2.05, 4.69) is 114 Å². The number of rotatable bonds is 14. The normalized spacial score (nSPS) is 12.2. The van der Waals surface area contributed by atoms with Gasteiger partial charge in [-0.2, -0.15) is 0 Å². The van der Waals surface area contributed by atoms with Gasteiger partial charge in [-0.15, -0.1) is 0 Å². The van der Waals surface area contributed by atoms with E-state index in [1.165, 1.54) is 16.7 Å². The van der Waals surface area contributed by atoms with Crippen molar-refractivity contribution in [1.82, 2.24) is 0 Å². The number of benzene rings is 2. The van der Waals surface area contributed by atoms with Crippen molar-refractivity contribution < 1.29 is 35.7 Å². The second-order valence-corrected chi connectivity index (χ2v) is 13.2. The average molecular weight is 644 g/mol. The monoisotopic (exact) mass is 641 g/mol. The molecule has 0 saturated heterocycles. The van der Waals surface area contributed by atoms with Crippen LogP contribution in [-0.2, 0) is 22.1 Å². The van der Waals surface area contributed by atoms with Gasteiger partial charge in [0.15, 0.2) is 0 Å². The fourth-order valence-electron chi connectivity index (χ4n) is 3.98. The molecule has 37 heavy (non-hydrogen) atoms. The Kier molecular flexibility index (Phi) is 14.2. The van der Waals surface area contributed by atoms with Crippen molar-refractivity contribution in [3.63, 3.8) is 0 Å². The van der Waals surface area contributed by atoms with E-state index in [0.29, 0.717) is 19.8 Å². The standard InChI is InChI=1S/C31H49BrNO3.BrH/c1-30(2,3)26-13-16-29(28(23-26)31(4,5)6)36-22-21-34-20-18-33(7,8)24-25-11-14-27(15-12-25)35-19-10-9-17-32;/h11-16,23H,9-10,17-22,24H2,1-8H3;1H/q+1;/p-1. The van der Waals surface area contributed by atoms with E-state index < -0.39 is 0 Å². The summed E-state index contributed by atoms with van der Waals surface area (Å²) in [6.07, 6.45) is 2.21. The molecule has 2 rings (SSSR count). The first-order valence-corrected chi connectivity index (χ1v) is 14.4. The minimum absolute atomic E-state index is 0. The van der Waals surface area contributed by atoms with E-state index in [9.17, 15) is 0 Å². The first-order chi connectivity index (χ1) is 16.8. The molecular weight excluding hydrogens is 594 g/mol. The highest BCUT2D eigenvalue weighted by Crippen LogP contribution is 2.35. The molecule has 0 heterocycles. The molecule has 0 amide bonds. The number of hydrogen-bond acceptors (Lipinski definition) is 3. The molecule has 0 unspecified atom stereocenters. The first kappa shape index (κ1) is 33.9. The molecule has 4 nitrogen and oxygen atoms in total. The van der Waals surface area contributed by atoms with Gasteiger partial charge in [-0.3, -0.25) is 0 Å². The molecule has 0 radical (unpaired) electrons. The lowest BCUT2D eigenvalue weighted by atomic mass is 9.80. The van der Waals surface area contributed by atoms with Gasteiger partial charge in [0, 0.05) is 10.9 Å². The average Bonchev–Trinajstić information content (AvgIpc) is 2.78. The lowest BCUT2D eigenvalue weighted by Gasteiger charge is -2.30. The Morgan fingerprint density at radius 1 is 0.757 bits per heavy atom. The minimum Gasteiger partial charge on any atom is -1.00 e. The van der Waals surface area contributed by atoms with Gasteiger partial charge in [-0.05, 0) is 65.1 Å². The van der Waals surface area contributed by atoms with Gasteiger partial charge in [0.25, 0.3) is 0 Å². The summed E-state index contributed by atoms with van der Waals surface area (Å²) in [5.74, 6) is 1.91. The van der Waals surface area contributed by atoms with Crippen molar-refractivity contribution >= 4 is 15.9 Å². The van der Waals surface area contributed by atoms with Gasteiger partial charge in [0.05, 0.1) is 33.9 Å². The Morgan fingerprint density at radius 2 is 1.43 bits per heavy atom. The first-order valence-electron chi connectivity index (χ1n) is 13.3. The number of alkyl halides is 1. The van der Waals surface area contributed by atoms with Gasteiger partial charge in [-0.1, -0.05) is 69.6 Å². The molecule has 0 aliphatic heterocycles. The molecular formula is C31H49Br2NO3. The lowest BCUT2D eigenvalue weighted by Crippen LogP contribution is -3.00. The van der Waals surface area contributed by atoms with E-state index in [4.69, 9.17) is 14.2 Å². The van der Waals surface area contributed by atoms with Crippen molar-refractivity contribution in [2.45, 2.75) is 71.8 Å². The van der Waals surface area contributed by atoms with E-state index in [1.807, 2.05) is 0 Å². The molecule has 210 valence electrons. The number of hydrogen-bond donors (Lipinski definition) is 0. The fraction of sp³-hybridized carbons (Fsp3) is 0.613. The van der Waals surface area contributed by atoms with Crippen LogP contribution in [0.5, 0.6) is 11.5 Å². The Hall–Kier alpha value is -1.08. The number of likely N-dealkylation sites (N-methyl/N-ethyl adjacent to an activating group) is 1. The third-order valence-corrected chi connectivity index (χ3v) is 6.87. The molecule has 0 spiro atoms. The summed E-state index contributed by atoms with van der Waals surface area (Å²) < 4.78 is 18.8. The Labute approximate surface area is 245 Å². The summed E-state index contributed by atoms with van der Waals surface area (Å²) in [5, 5.41) is 1.03. The second-order valence-electron chi connectivity index (χ2n) is 12.4. The smallest absolute Gasteiger partial charge is 0.123 e. The second kappa shape index (κ2) is 15.5. The molecule has 0 N–H and O–H groups in total. The number of quaternary nitrogens is 1. The molecule has 0 saturated carbocycles. The zero-order valence-electron chi connectivity index (χ0n) is 24.3. The zero-order chi connectivity index (χ0) is 26.8. The van der Waals surface area contributed by atoms with Crippen molar-refractivity contribution in [2.75, 3.05) is 52.4 Å². The van der Waals surface area contributed by atoms with Crippen LogP contribution < -0.4 is 26.5 Å². The summed E-state index contributed by atoms with van der Waals surface area (Å²) in [5.41, 5.74) is 4.04. The van der Waals surface area contributed by atoms with E-state index >= 15 is 0 Å². The van der Waals surface area contributed by atoms with Crippen molar-refractivity contribution in [1.29, 1.82) is 0 Å². The molecule has 6 heteroatoms. The SMILES string of the molecule is CC(C)(C)c1ccc(OCCOCC[N+](C)(C)Cc2ccc(OCCCCBr)cc2)c(C(C)(C)C)c1.[Br-]. The predicted octanol–water partition coefficient (Wildman–Crippen LogP) is 4.51. The van der Waals surface area contributed by atoms with E-state index in [1.54, 1.807) is 0 Å². The molecule has 0 aliphatic rings. The Balaban J connectivity index is 0.00000684. The van der Waals surface area contributed by atoms with Gasteiger partial charge in [0.2, 0.25) is 0 Å². The fourth-order valence-corrected chi connectivity index (χ4v) is 4.38. The highest BCUT2D eigenvalue weighted by atomic mass is 79.9. The molecule has 0 bridgehead atoms. The van der Waals surface area contributed by atoms with Crippen LogP contribution in [0.2, 0.25) is 0 Å². The number of unbranched alkanes of at least 4 members (excludes halogenated alkanes) is 1. The maximum Gasteiger partial charge on any atom is 0.123 e. The Morgan fingerprint density at radius 3 is 2.03 bits per heavy atom. The summed E-state index contributed by atoms with van der Waals surface area (Å²) in [6.45, 7) is 18.0. The topological polar surface area (TPSA) is 27.7 Å².